The van der Waals surface area contributed by atoms with Crippen LogP contribution in [0.25, 0.3) is 22.3 Å². The summed E-state index contributed by atoms with van der Waals surface area (Å²) in [4.78, 5) is 23.9. The van der Waals surface area contributed by atoms with Gasteiger partial charge in [0.15, 0.2) is 5.43 Å². The monoisotopic (exact) mass is 392 g/mol. The molecule has 29 heavy (non-hydrogen) atoms. The molecule has 0 spiro atoms. The lowest BCUT2D eigenvalue weighted by molar-refractivity contribution is 0.0561. The zero-order valence-corrected chi connectivity index (χ0v) is 15.4. The van der Waals surface area contributed by atoms with Crippen LogP contribution in [0, 0.1) is 0 Å². The van der Waals surface area contributed by atoms with Crippen molar-refractivity contribution >= 4 is 16.9 Å². The molecule has 4 aromatic rings. The Morgan fingerprint density at radius 3 is 2.59 bits per heavy atom. The van der Waals surface area contributed by atoms with E-state index in [-0.39, 0.29) is 40.3 Å². The molecule has 0 fully saturated rings. The fourth-order valence-corrected chi connectivity index (χ4v) is 2.89. The molecule has 146 valence electrons. The molecule has 0 aliphatic rings. The standard InChI is InChI=1S/C22H16O7/c1-26-22(25)18-8-7-14(28-18)12-27-15-9-16(23)21-17(24)11-19(29-20(21)10-15)13-5-3-2-4-6-13/h2-11,23H,12H2,1H3. The van der Waals surface area contributed by atoms with Crippen molar-refractivity contribution in [2.75, 3.05) is 7.11 Å². The van der Waals surface area contributed by atoms with E-state index in [2.05, 4.69) is 4.74 Å². The highest BCUT2D eigenvalue weighted by molar-refractivity contribution is 5.86. The van der Waals surface area contributed by atoms with Gasteiger partial charge in [-0.05, 0) is 12.1 Å². The summed E-state index contributed by atoms with van der Waals surface area (Å²) < 4.78 is 21.4. The van der Waals surface area contributed by atoms with Gasteiger partial charge in [-0.1, -0.05) is 30.3 Å². The molecule has 0 atom stereocenters. The van der Waals surface area contributed by atoms with E-state index in [0.717, 1.165) is 5.56 Å². The van der Waals surface area contributed by atoms with Crippen molar-refractivity contribution in [3.05, 3.63) is 82.4 Å². The molecule has 7 nitrogen and oxygen atoms in total. The first-order chi connectivity index (χ1) is 14.0. The fraction of sp³-hybridized carbons (Fsp3) is 0.0909. The van der Waals surface area contributed by atoms with Crippen LogP contribution in [-0.2, 0) is 11.3 Å². The first-order valence-corrected chi connectivity index (χ1v) is 8.71. The molecule has 0 saturated carbocycles. The summed E-state index contributed by atoms with van der Waals surface area (Å²) in [6.45, 7) is 0.00451. The Labute approximate surface area is 164 Å². The minimum Gasteiger partial charge on any atom is -0.507 e. The largest absolute Gasteiger partial charge is 0.507 e. The van der Waals surface area contributed by atoms with Gasteiger partial charge in [0.1, 0.15) is 40.6 Å². The number of carbonyl (C=O) groups excluding carboxylic acids is 1. The molecule has 2 heterocycles. The summed E-state index contributed by atoms with van der Waals surface area (Å²) in [7, 11) is 1.26. The van der Waals surface area contributed by atoms with Gasteiger partial charge in [-0.2, -0.15) is 0 Å². The van der Waals surface area contributed by atoms with Gasteiger partial charge in [0.05, 0.1) is 7.11 Å². The Morgan fingerprint density at radius 1 is 1.03 bits per heavy atom. The summed E-state index contributed by atoms with van der Waals surface area (Å²) in [5.41, 5.74) is 0.576. The number of phenolic OH excluding ortho intramolecular Hbond substituents is 1. The molecule has 1 N–H and O–H groups in total. The number of fused-ring (bicyclic) bond motifs is 1. The number of hydrogen-bond acceptors (Lipinski definition) is 7. The number of methoxy groups -OCH3 is 1. The van der Waals surface area contributed by atoms with Gasteiger partial charge in [-0.3, -0.25) is 4.79 Å². The van der Waals surface area contributed by atoms with Crippen molar-refractivity contribution in [3.8, 4) is 22.8 Å². The number of ether oxygens (including phenoxy) is 2. The number of furan rings is 1. The van der Waals surface area contributed by atoms with Crippen molar-refractivity contribution < 1.29 is 28.2 Å². The Hall–Kier alpha value is -4.00. The van der Waals surface area contributed by atoms with E-state index in [9.17, 15) is 14.7 Å². The first kappa shape index (κ1) is 18.4. The summed E-state index contributed by atoms with van der Waals surface area (Å²) in [5, 5.41) is 10.3. The molecule has 0 bridgehead atoms. The molecule has 0 amide bonds. The van der Waals surface area contributed by atoms with Crippen LogP contribution >= 0.6 is 0 Å². The maximum atomic E-state index is 12.5. The molecule has 0 radical (unpaired) electrons. The molecule has 0 unspecified atom stereocenters. The topological polar surface area (TPSA) is 99.1 Å². The maximum absolute atomic E-state index is 12.5. The van der Waals surface area contributed by atoms with E-state index in [1.165, 1.54) is 31.4 Å². The third-order valence-electron chi connectivity index (χ3n) is 4.27. The van der Waals surface area contributed by atoms with Gasteiger partial charge in [0, 0.05) is 23.8 Å². The number of phenols is 1. The predicted molar refractivity (Wildman–Crippen MR) is 104 cm³/mol. The predicted octanol–water partition coefficient (Wildman–Crippen LogP) is 4.12. The van der Waals surface area contributed by atoms with Crippen molar-refractivity contribution in [1.82, 2.24) is 0 Å². The number of hydrogen-bond donors (Lipinski definition) is 1. The molecular weight excluding hydrogens is 376 g/mol. The second kappa shape index (κ2) is 7.55. The highest BCUT2D eigenvalue weighted by Gasteiger charge is 2.14. The van der Waals surface area contributed by atoms with Gasteiger partial charge in [0.25, 0.3) is 0 Å². The van der Waals surface area contributed by atoms with Crippen LogP contribution in [0.5, 0.6) is 11.5 Å². The van der Waals surface area contributed by atoms with Gasteiger partial charge in [-0.25, -0.2) is 4.79 Å². The first-order valence-electron chi connectivity index (χ1n) is 8.71. The van der Waals surface area contributed by atoms with Crippen LogP contribution in [-0.4, -0.2) is 18.2 Å². The van der Waals surface area contributed by atoms with Gasteiger partial charge >= 0.3 is 5.97 Å². The van der Waals surface area contributed by atoms with E-state index in [0.29, 0.717) is 11.5 Å². The minimum absolute atomic E-state index is 0.00451. The second-order valence-electron chi connectivity index (χ2n) is 6.20. The normalized spacial score (nSPS) is 10.8. The van der Waals surface area contributed by atoms with Crippen molar-refractivity contribution in [3.63, 3.8) is 0 Å². The Morgan fingerprint density at radius 2 is 1.83 bits per heavy atom. The second-order valence-corrected chi connectivity index (χ2v) is 6.20. The quantitative estimate of drug-likeness (QED) is 0.510. The molecular formula is C22H16O7. The van der Waals surface area contributed by atoms with E-state index in [1.54, 1.807) is 6.07 Å². The molecule has 4 rings (SSSR count). The average Bonchev–Trinajstić information content (AvgIpc) is 3.21. The number of aromatic hydroxyl groups is 1. The SMILES string of the molecule is COC(=O)c1ccc(COc2cc(O)c3c(=O)cc(-c4ccccc4)oc3c2)o1. The zero-order valence-electron chi connectivity index (χ0n) is 15.4. The molecule has 0 saturated heterocycles. The zero-order chi connectivity index (χ0) is 20.4. The van der Waals surface area contributed by atoms with Crippen LogP contribution in [0.4, 0.5) is 0 Å². The lowest BCUT2D eigenvalue weighted by Crippen LogP contribution is -2.02. The molecule has 0 aliphatic carbocycles. The van der Waals surface area contributed by atoms with Crippen molar-refractivity contribution in [2.24, 2.45) is 0 Å². The number of esters is 1. The van der Waals surface area contributed by atoms with Crippen molar-refractivity contribution in [1.29, 1.82) is 0 Å². The molecule has 2 aromatic heterocycles. The van der Waals surface area contributed by atoms with Crippen LogP contribution in [0.15, 0.2) is 74.3 Å². The highest BCUT2D eigenvalue weighted by atomic mass is 16.5. The number of rotatable bonds is 5. The lowest BCUT2D eigenvalue weighted by atomic mass is 10.1. The van der Waals surface area contributed by atoms with Crippen molar-refractivity contribution in [2.45, 2.75) is 6.61 Å². The Bertz CT molecular complexity index is 1240. The summed E-state index contributed by atoms with van der Waals surface area (Å²) >= 11 is 0. The summed E-state index contributed by atoms with van der Waals surface area (Å²) in [6.07, 6.45) is 0. The number of carbonyl (C=O) groups is 1. The molecule has 2 aromatic carbocycles. The molecule has 7 heteroatoms. The summed E-state index contributed by atoms with van der Waals surface area (Å²) in [6, 6.07) is 16.4. The molecule has 0 aliphatic heterocycles. The fourth-order valence-electron chi connectivity index (χ4n) is 2.89. The van der Waals surface area contributed by atoms with Gasteiger partial charge in [-0.15, -0.1) is 0 Å². The Balaban J connectivity index is 1.64. The van der Waals surface area contributed by atoms with Crippen LogP contribution in [0.1, 0.15) is 16.3 Å². The highest BCUT2D eigenvalue weighted by Crippen LogP contribution is 2.31. The lowest BCUT2D eigenvalue weighted by Gasteiger charge is -2.08. The van der Waals surface area contributed by atoms with E-state index >= 15 is 0 Å². The van der Waals surface area contributed by atoms with E-state index in [4.69, 9.17) is 13.6 Å². The smallest absolute Gasteiger partial charge is 0.373 e. The summed E-state index contributed by atoms with van der Waals surface area (Å²) in [5.74, 6) is 0.276. The third kappa shape index (κ3) is 3.70. The van der Waals surface area contributed by atoms with Crippen LogP contribution < -0.4 is 10.2 Å². The number of benzene rings is 2. The minimum atomic E-state index is -0.588. The Kier molecular flexibility index (Phi) is 4.78. The third-order valence-corrected chi connectivity index (χ3v) is 4.27. The average molecular weight is 392 g/mol. The van der Waals surface area contributed by atoms with E-state index in [1.807, 2.05) is 30.3 Å². The van der Waals surface area contributed by atoms with Crippen LogP contribution in [0.2, 0.25) is 0 Å². The van der Waals surface area contributed by atoms with Gasteiger partial charge < -0.3 is 23.4 Å². The van der Waals surface area contributed by atoms with Crippen LogP contribution in [0.3, 0.4) is 0 Å². The maximum Gasteiger partial charge on any atom is 0.373 e. The van der Waals surface area contributed by atoms with Gasteiger partial charge in [0.2, 0.25) is 5.76 Å². The van der Waals surface area contributed by atoms with E-state index < -0.39 is 5.97 Å².